The van der Waals surface area contributed by atoms with Gasteiger partial charge in [-0.3, -0.25) is 4.90 Å². The second-order valence-corrected chi connectivity index (χ2v) is 6.73. The molecule has 2 N–H and O–H groups in total. The number of ether oxygens (including phenoxy) is 1. The molecule has 0 amide bonds. The summed E-state index contributed by atoms with van der Waals surface area (Å²) in [6, 6.07) is 9.71. The van der Waals surface area contributed by atoms with Gasteiger partial charge in [-0.25, -0.2) is 0 Å². The Morgan fingerprint density at radius 3 is 2.52 bits per heavy atom. The van der Waals surface area contributed by atoms with Crippen molar-refractivity contribution in [3.05, 3.63) is 29.8 Å². The summed E-state index contributed by atoms with van der Waals surface area (Å²) in [5.74, 6) is 2.12. The number of nitrogens with one attached hydrogen (secondary N) is 1. The fourth-order valence-corrected chi connectivity index (χ4v) is 4.11. The number of hydrogen-bond donors (Lipinski definition) is 2. The zero-order valence-electron chi connectivity index (χ0n) is 13.6. The van der Waals surface area contributed by atoms with Gasteiger partial charge in [0.15, 0.2) is 0 Å². The molecule has 1 saturated carbocycles. The Morgan fingerprint density at radius 2 is 1.96 bits per heavy atom. The topological polar surface area (TPSA) is 68.5 Å². The van der Waals surface area contributed by atoms with Crippen LogP contribution in [0.1, 0.15) is 18.4 Å². The molecular formula is C18H25N3O2. The molecule has 0 radical (unpaired) electrons. The van der Waals surface area contributed by atoms with Crippen molar-refractivity contribution in [2.24, 2.45) is 11.8 Å². The van der Waals surface area contributed by atoms with Crippen LogP contribution >= 0.6 is 0 Å². The normalized spacial score (nSPS) is 28.3. The maximum absolute atomic E-state index is 10.2. The van der Waals surface area contributed by atoms with Gasteiger partial charge in [0.1, 0.15) is 18.5 Å². The van der Waals surface area contributed by atoms with Crippen LogP contribution in [-0.2, 0) is 0 Å². The van der Waals surface area contributed by atoms with Crippen molar-refractivity contribution in [1.82, 2.24) is 10.2 Å². The van der Waals surface area contributed by atoms with Crippen LogP contribution in [0.15, 0.2) is 24.3 Å². The van der Waals surface area contributed by atoms with Crippen molar-refractivity contribution in [1.29, 1.82) is 5.26 Å². The summed E-state index contributed by atoms with van der Waals surface area (Å²) in [6.07, 6.45) is 2.10. The molecular weight excluding hydrogens is 290 g/mol. The van der Waals surface area contributed by atoms with Gasteiger partial charge in [0.05, 0.1) is 11.6 Å². The van der Waals surface area contributed by atoms with E-state index in [0.29, 0.717) is 35.7 Å². The molecule has 2 aliphatic rings. The van der Waals surface area contributed by atoms with Crippen LogP contribution in [-0.4, -0.2) is 55.4 Å². The lowest BCUT2D eigenvalue weighted by molar-refractivity contribution is 0.0420. The smallest absolute Gasteiger partial charge is 0.119 e. The van der Waals surface area contributed by atoms with E-state index < -0.39 is 6.10 Å². The molecule has 1 aliphatic carbocycles. The molecule has 1 heterocycles. The van der Waals surface area contributed by atoms with Gasteiger partial charge < -0.3 is 15.2 Å². The summed E-state index contributed by atoms with van der Waals surface area (Å²) >= 11 is 0. The molecule has 1 saturated heterocycles. The Hall–Kier alpha value is -1.61. The molecule has 2 bridgehead atoms. The zero-order chi connectivity index (χ0) is 16.2. The van der Waals surface area contributed by atoms with Crippen molar-refractivity contribution >= 4 is 0 Å². The van der Waals surface area contributed by atoms with E-state index in [1.807, 2.05) is 0 Å². The highest BCUT2D eigenvalue weighted by atomic mass is 16.5. The van der Waals surface area contributed by atoms with E-state index in [1.165, 1.54) is 12.8 Å². The summed E-state index contributed by atoms with van der Waals surface area (Å²) in [6.45, 7) is 3.08. The van der Waals surface area contributed by atoms with Crippen molar-refractivity contribution in [2.45, 2.75) is 25.0 Å². The predicted octanol–water partition coefficient (Wildman–Crippen LogP) is 1.23. The van der Waals surface area contributed by atoms with Crippen molar-refractivity contribution in [3.63, 3.8) is 0 Å². The average molecular weight is 315 g/mol. The molecule has 5 nitrogen and oxygen atoms in total. The first-order valence-electron chi connectivity index (χ1n) is 8.40. The molecule has 0 spiro atoms. The molecule has 124 valence electrons. The zero-order valence-corrected chi connectivity index (χ0v) is 13.6. The van der Waals surface area contributed by atoms with Gasteiger partial charge in [0.25, 0.3) is 0 Å². The Kier molecular flexibility index (Phi) is 5.16. The quantitative estimate of drug-likeness (QED) is 0.826. The fraction of sp³-hybridized carbons (Fsp3) is 0.611. The van der Waals surface area contributed by atoms with Crippen LogP contribution in [0, 0.1) is 23.2 Å². The van der Waals surface area contributed by atoms with E-state index in [1.54, 1.807) is 24.3 Å². The van der Waals surface area contributed by atoms with Gasteiger partial charge in [0.2, 0.25) is 0 Å². The summed E-state index contributed by atoms with van der Waals surface area (Å²) in [5, 5.41) is 22.5. The summed E-state index contributed by atoms with van der Waals surface area (Å²) in [5.41, 5.74) is 0.612. The minimum absolute atomic E-state index is 0.285. The van der Waals surface area contributed by atoms with Gasteiger partial charge in [0, 0.05) is 25.7 Å². The van der Waals surface area contributed by atoms with Crippen LogP contribution in [0.4, 0.5) is 0 Å². The molecule has 23 heavy (non-hydrogen) atoms. The van der Waals surface area contributed by atoms with Crippen LogP contribution in [0.5, 0.6) is 5.75 Å². The number of aliphatic hydroxyl groups excluding tert-OH is 1. The minimum Gasteiger partial charge on any atom is -0.491 e. The summed E-state index contributed by atoms with van der Waals surface area (Å²) < 4.78 is 5.62. The summed E-state index contributed by atoms with van der Waals surface area (Å²) in [4.78, 5) is 2.38. The molecule has 0 aromatic heterocycles. The van der Waals surface area contributed by atoms with Gasteiger partial charge in [-0.2, -0.15) is 5.26 Å². The molecule has 2 fully saturated rings. The van der Waals surface area contributed by atoms with Crippen molar-refractivity contribution < 1.29 is 9.84 Å². The number of benzene rings is 1. The van der Waals surface area contributed by atoms with Crippen LogP contribution in [0.3, 0.4) is 0 Å². The predicted molar refractivity (Wildman–Crippen MR) is 88.2 cm³/mol. The Bertz CT molecular complexity index is 540. The van der Waals surface area contributed by atoms with Gasteiger partial charge in [-0.05, 0) is 56.0 Å². The number of β-amino-alcohol motifs (C(OH)–C–C–N with tert-alkyl or cyclic N) is 1. The fourth-order valence-electron chi connectivity index (χ4n) is 4.11. The number of likely N-dealkylation sites (tertiary alicyclic amines) is 1. The lowest BCUT2D eigenvalue weighted by Crippen LogP contribution is -2.52. The van der Waals surface area contributed by atoms with Crippen molar-refractivity contribution in [2.75, 3.05) is 33.3 Å². The number of hydrogen-bond acceptors (Lipinski definition) is 5. The second-order valence-electron chi connectivity index (χ2n) is 6.73. The first kappa shape index (κ1) is 16.3. The third-order valence-electron chi connectivity index (χ3n) is 5.14. The van der Waals surface area contributed by atoms with Crippen molar-refractivity contribution in [3.8, 4) is 11.8 Å². The number of rotatable bonds is 6. The maximum Gasteiger partial charge on any atom is 0.119 e. The summed E-state index contributed by atoms with van der Waals surface area (Å²) in [7, 11) is 2.06. The number of nitrogens with zero attached hydrogens (tertiary/aromatic N) is 2. The SMILES string of the molecule is CNC1C2CCC1CN(CC(O)COc1ccc(C#N)cc1)C2. The standard InChI is InChI=1S/C18H25N3O2/c1-20-18-14-4-5-15(18)10-21(9-14)11-16(22)12-23-17-6-2-13(8-19)3-7-17/h2-3,6-7,14-16,18,20,22H,4-5,9-12H2,1H3. The molecule has 1 aromatic rings. The van der Waals surface area contributed by atoms with E-state index in [-0.39, 0.29) is 6.61 Å². The molecule has 3 unspecified atom stereocenters. The third-order valence-corrected chi connectivity index (χ3v) is 5.14. The third kappa shape index (κ3) is 3.84. The van der Waals surface area contributed by atoms with Crippen LogP contribution in [0.25, 0.3) is 0 Å². The maximum atomic E-state index is 10.2. The molecule has 1 aromatic carbocycles. The van der Waals surface area contributed by atoms with Gasteiger partial charge in [-0.1, -0.05) is 0 Å². The molecule has 5 heteroatoms. The van der Waals surface area contributed by atoms with Gasteiger partial charge >= 0.3 is 0 Å². The highest BCUT2D eigenvalue weighted by Crippen LogP contribution is 2.36. The lowest BCUT2D eigenvalue weighted by Gasteiger charge is -2.38. The Balaban J connectivity index is 1.45. The molecule has 3 rings (SSSR count). The highest BCUT2D eigenvalue weighted by molar-refractivity contribution is 5.34. The van der Waals surface area contributed by atoms with E-state index >= 15 is 0 Å². The lowest BCUT2D eigenvalue weighted by atomic mass is 9.92. The number of nitriles is 1. The highest BCUT2D eigenvalue weighted by Gasteiger charge is 2.41. The number of piperidine rings is 1. The van der Waals surface area contributed by atoms with Gasteiger partial charge in [-0.15, -0.1) is 0 Å². The Morgan fingerprint density at radius 1 is 1.30 bits per heavy atom. The monoisotopic (exact) mass is 315 g/mol. The second kappa shape index (κ2) is 7.31. The Labute approximate surface area is 137 Å². The molecule has 1 aliphatic heterocycles. The number of fused-ring (bicyclic) bond motifs is 2. The minimum atomic E-state index is -0.490. The largest absolute Gasteiger partial charge is 0.491 e. The number of aliphatic hydroxyl groups is 1. The van der Waals surface area contributed by atoms with Crippen LogP contribution < -0.4 is 10.1 Å². The van der Waals surface area contributed by atoms with E-state index in [4.69, 9.17) is 10.00 Å². The van der Waals surface area contributed by atoms with Crippen LogP contribution in [0.2, 0.25) is 0 Å². The van der Waals surface area contributed by atoms with E-state index in [9.17, 15) is 5.11 Å². The first-order valence-corrected chi connectivity index (χ1v) is 8.40. The van der Waals surface area contributed by atoms with E-state index in [2.05, 4.69) is 23.3 Å². The molecule has 3 atom stereocenters. The van der Waals surface area contributed by atoms with E-state index in [0.717, 1.165) is 13.1 Å². The average Bonchev–Trinajstić information content (AvgIpc) is 2.83. The first-order chi connectivity index (χ1) is 11.2.